The van der Waals surface area contributed by atoms with E-state index in [9.17, 15) is 4.79 Å². The first-order valence-electron chi connectivity index (χ1n) is 5.10. The number of carbonyl (C=O) groups excluding carboxylic acids is 1. The number of rotatable bonds is 2. The minimum absolute atomic E-state index is 0.281. The molecule has 2 aliphatic rings. The fourth-order valence-corrected chi connectivity index (χ4v) is 3.41. The summed E-state index contributed by atoms with van der Waals surface area (Å²) < 4.78 is 0. The van der Waals surface area contributed by atoms with E-state index in [-0.39, 0.29) is 5.92 Å². The molecule has 0 amide bonds. The van der Waals surface area contributed by atoms with Crippen molar-refractivity contribution in [2.75, 3.05) is 0 Å². The maximum atomic E-state index is 12.1. The third-order valence-corrected chi connectivity index (χ3v) is 4.26. The van der Waals surface area contributed by atoms with Crippen molar-refractivity contribution in [2.45, 2.75) is 12.8 Å². The zero-order valence-corrected chi connectivity index (χ0v) is 8.67. The van der Waals surface area contributed by atoms with Gasteiger partial charge in [0.1, 0.15) is 0 Å². The Balaban J connectivity index is 1.84. The maximum absolute atomic E-state index is 12.1. The van der Waals surface area contributed by atoms with Crippen molar-refractivity contribution < 1.29 is 4.79 Å². The first-order chi connectivity index (χ1) is 6.84. The standard InChI is InChI=1S/C12H12OS/c13-12(11-2-1-5-14-11)10-7-8-3-4-9(10)6-8/h1-5,8-10H,6-7H2/t8-,9+,10-/m1/s1. The molecule has 1 aromatic rings. The summed E-state index contributed by atoms with van der Waals surface area (Å²) in [6.07, 6.45) is 6.81. The van der Waals surface area contributed by atoms with Crippen LogP contribution < -0.4 is 0 Å². The first kappa shape index (κ1) is 8.42. The highest BCUT2D eigenvalue weighted by Gasteiger charge is 2.40. The quantitative estimate of drug-likeness (QED) is 0.534. The Labute approximate surface area is 87.5 Å². The van der Waals surface area contributed by atoms with Gasteiger partial charge in [-0.15, -0.1) is 11.3 Å². The Morgan fingerprint density at radius 2 is 2.29 bits per heavy atom. The molecule has 1 saturated carbocycles. The van der Waals surface area contributed by atoms with E-state index < -0.39 is 0 Å². The second kappa shape index (κ2) is 3.06. The predicted octanol–water partition coefficient (Wildman–Crippen LogP) is 3.14. The van der Waals surface area contributed by atoms with Gasteiger partial charge < -0.3 is 0 Å². The van der Waals surface area contributed by atoms with Gasteiger partial charge in [0.15, 0.2) is 5.78 Å². The molecule has 0 aliphatic heterocycles. The van der Waals surface area contributed by atoms with Crippen molar-refractivity contribution in [3.8, 4) is 0 Å². The third kappa shape index (κ3) is 1.17. The molecule has 0 radical (unpaired) electrons. The van der Waals surface area contributed by atoms with Gasteiger partial charge in [-0.3, -0.25) is 4.79 Å². The van der Waals surface area contributed by atoms with Crippen LogP contribution in [0.5, 0.6) is 0 Å². The molecular weight excluding hydrogens is 192 g/mol. The number of ketones is 1. The van der Waals surface area contributed by atoms with Crippen molar-refractivity contribution in [1.82, 2.24) is 0 Å². The monoisotopic (exact) mass is 204 g/mol. The molecule has 3 atom stereocenters. The molecule has 1 aromatic heterocycles. The number of carbonyl (C=O) groups is 1. The minimum Gasteiger partial charge on any atom is -0.293 e. The van der Waals surface area contributed by atoms with Crippen LogP contribution in [-0.2, 0) is 0 Å². The number of hydrogen-bond acceptors (Lipinski definition) is 2. The van der Waals surface area contributed by atoms with Crippen LogP contribution in [0.15, 0.2) is 29.7 Å². The van der Waals surface area contributed by atoms with Gasteiger partial charge in [0.2, 0.25) is 0 Å². The van der Waals surface area contributed by atoms with Gasteiger partial charge in [-0.1, -0.05) is 18.2 Å². The summed E-state index contributed by atoms with van der Waals surface area (Å²) in [5.41, 5.74) is 0. The van der Waals surface area contributed by atoms with Gasteiger partial charge in [0.25, 0.3) is 0 Å². The van der Waals surface area contributed by atoms with Gasteiger partial charge in [-0.2, -0.15) is 0 Å². The lowest BCUT2D eigenvalue weighted by atomic mass is 9.89. The van der Waals surface area contributed by atoms with Gasteiger partial charge >= 0.3 is 0 Å². The molecule has 0 spiro atoms. The lowest BCUT2D eigenvalue weighted by Gasteiger charge is -2.15. The van der Waals surface area contributed by atoms with Crippen LogP contribution in [-0.4, -0.2) is 5.78 Å². The van der Waals surface area contributed by atoms with E-state index in [4.69, 9.17) is 0 Å². The van der Waals surface area contributed by atoms with E-state index in [0.29, 0.717) is 17.6 Å². The highest BCUT2D eigenvalue weighted by atomic mass is 32.1. The highest BCUT2D eigenvalue weighted by Crippen LogP contribution is 2.44. The second-order valence-electron chi connectivity index (χ2n) is 4.23. The molecule has 2 aliphatic carbocycles. The van der Waals surface area contributed by atoms with Crippen LogP contribution in [0.3, 0.4) is 0 Å². The molecule has 2 bridgehead atoms. The van der Waals surface area contributed by atoms with E-state index in [1.165, 1.54) is 6.42 Å². The van der Waals surface area contributed by atoms with Gasteiger partial charge in [0, 0.05) is 5.92 Å². The summed E-state index contributed by atoms with van der Waals surface area (Å²) in [5, 5.41) is 1.98. The molecule has 72 valence electrons. The number of allylic oxidation sites excluding steroid dienone is 2. The van der Waals surface area contributed by atoms with E-state index >= 15 is 0 Å². The molecule has 0 unspecified atom stereocenters. The molecule has 3 rings (SSSR count). The Morgan fingerprint density at radius 3 is 2.86 bits per heavy atom. The topological polar surface area (TPSA) is 17.1 Å². The minimum atomic E-state index is 0.281. The van der Waals surface area contributed by atoms with Crippen molar-refractivity contribution in [3.63, 3.8) is 0 Å². The van der Waals surface area contributed by atoms with Gasteiger partial charge in [-0.25, -0.2) is 0 Å². The zero-order chi connectivity index (χ0) is 9.54. The van der Waals surface area contributed by atoms with Crippen molar-refractivity contribution >= 4 is 17.1 Å². The van der Waals surface area contributed by atoms with Crippen LogP contribution in [0.25, 0.3) is 0 Å². The van der Waals surface area contributed by atoms with Crippen LogP contribution in [0.4, 0.5) is 0 Å². The molecule has 1 nitrogen and oxygen atoms in total. The van der Waals surface area contributed by atoms with E-state index in [1.54, 1.807) is 11.3 Å². The Hall–Kier alpha value is -0.890. The SMILES string of the molecule is O=C(c1cccs1)[C@@H]1C[C@@H]2C=C[C@H]1C2. The number of hydrogen-bond donors (Lipinski definition) is 0. The van der Waals surface area contributed by atoms with Crippen molar-refractivity contribution in [1.29, 1.82) is 0 Å². The average Bonchev–Trinajstić information content (AvgIpc) is 2.93. The second-order valence-corrected chi connectivity index (χ2v) is 5.18. The van der Waals surface area contributed by atoms with Crippen LogP contribution in [0.2, 0.25) is 0 Å². The summed E-state index contributed by atoms with van der Waals surface area (Å²) in [5.74, 6) is 1.88. The molecule has 0 N–H and O–H groups in total. The normalized spacial score (nSPS) is 33.9. The summed E-state index contributed by atoms with van der Waals surface area (Å²) >= 11 is 1.57. The summed E-state index contributed by atoms with van der Waals surface area (Å²) in [7, 11) is 0. The smallest absolute Gasteiger partial charge is 0.176 e. The molecule has 2 heteroatoms. The molecule has 1 heterocycles. The van der Waals surface area contributed by atoms with E-state index in [1.807, 2.05) is 17.5 Å². The molecule has 14 heavy (non-hydrogen) atoms. The van der Waals surface area contributed by atoms with Crippen LogP contribution >= 0.6 is 11.3 Å². The van der Waals surface area contributed by atoms with E-state index in [0.717, 1.165) is 11.3 Å². The van der Waals surface area contributed by atoms with Gasteiger partial charge in [0.05, 0.1) is 4.88 Å². The zero-order valence-electron chi connectivity index (χ0n) is 7.85. The predicted molar refractivity (Wildman–Crippen MR) is 57.5 cm³/mol. The van der Waals surface area contributed by atoms with Crippen LogP contribution in [0.1, 0.15) is 22.5 Å². The summed E-state index contributed by atoms with van der Waals surface area (Å²) in [6, 6.07) is 3.91. The first-order valence-corrected chi connectivity index (χ1v) is 5.98. The lowest BCUT2D eigenvalue weighted by Crippen LogP contribution is -2.17. The number of fused-ring (bicyclic) bond motifs is 2. The van der Waals surface area contributed by atoms with Gasteiger partial charge in [-0.05, 0) is 36.1 Å². The Kier molecular flexibility index (Phi) is 1.84. The lowest BCUT2D eigenvalue weighted by molar-refractivity contribution is 0.0905. The number of thiophene rings is 1. The fourth-order valence-electron chi connectivity index (χ4n) is 2.68. The fraction of sp³-hybridized carbons (Fsp3) is 0.417. The Morgan fingerprint density at radius 1 is 1.36 bits per heavy atom. The molecular formula is C12H12OS. The van der Waals surface area contributed by atoms with E-state index in [2.05, 4.69) is 12.2 Å². The van der Waals surface area contributed by atoms with Crippen LogP contribution in [0, 0.1) is 17.8 Å². The average molecular weight is 204 g/mol. The summed E-state index contributed by atoms with van der Waals surface area (Å²) in [6.45, 7) is 0. The molecule has 1 fully saturated rings. The Bertz CT molecular complexity index is 377. The molecule has 0 saturated heterocycles. The molecule has 0 aromatic carbocycles. The third-order valence-electron chi connectivity index (χ3n) is 3.38. The van der Waals surface area contributed by atoms with Crippen molar-refractivity contribution in [2.24, 2.45) is 17.8 Å². The highest BCUT2D eigenvalue weighted by molar-refractivity contribution is 7.12. The maximum Gasteiger partial charge on any atom is 0.176 e. The summed E-state index contributed by atoms with van der Waals surface area (Å²) in [4.78, 5) is 13.0. The van der Waals surface area contributed by atoms with Crippen molar-refractivity contribution in [3.05, 3.63) is 34.5 Å². The largest absolute Gasteiger partial charge is 0.293 e. The number of Topliss-reactive ketones (excluding diaryl/α,β-unsaturated/α-hetero) is 1.